The number of phenolic OH excluding ortho intramolecular Hbond substituents is 1. The summed E-state index contributed by atoms with van der Waals surface area (Å²) in [5.41, 5.74) is 2.61. The fourth-order valence-corrected chi connectivity index (χ4v) is 3.77. The third-order valence-corrected chi connectivity index (χ3v) is 5.83. The third kappa shape index (κ3) is 14.6. The van der Waals surface area contributed by atoms with E-state index < -0.39 is 0 Å². The molecule has 0 amide bonds. The van der Waals surface area contributed by atoms with E-state index in [9.17, 15) is 5.11 Å². The molecule has 0 aliphatic carbocycles. The molecule has 2 rings (SSSR count). The zero-order valence-corrected chi connectivity index (χ0v) is 19.7. The molecule has 1 atom stereocenters. The van der Waals surface area contributed by atoms with Crippen molar-refractivity contribution in [1.82, 2.24) is 0 Å². The molecule has 2 nitrogen and oxygen atoms in total. The van der Waals surface area contributed by atoms with Crippen LogP contribution in [0.3, 0.4) is 0 Å². The largest absolute Gasteiger partial charge is 0.508 e. The Balaban J connectivity index is 0.000000929. The lowest BCUT2D eigenvalue weighted by Crippen LogP contribution is -1.96. The Hall–Kier alpha value is -1.02. The Morgan fingerprint density at radius 3 is 1.69 bits per heavy atom. The number of epoxide rings is 1. The first kappa shape index (κ1) is 26.0. The maximum atomic E-state index is 10.3. The summed E-state index contributed by atoms with van der Waals surface area (Å²) in [7, 11) is 0. The number of ether oxygens (including phenoxy) is 1. The molecule has 168 valence electrons. The van der Waals surface area contributed by atoms with Gasteiger partial charge >= 0.3 is 0 Å². The number of benzene rings is 1. The maximum Gasteiger partial charge on any atom is 0.119 e. The molecule has 1 saturated heterocycles. The van der Waals surface area contributed by atoms with E-state index in [4.69, 9.17) is 4.74 Å². The number of unbranched alkanes of at least 4 members (excludes halogenated alkanes) is 12. The van der Waals surface area contributed by atoms with Crippen molar-refractivity contribution < 1.29 is 9.84 Å². The average molecular weight is 405 g/mol. The van der Waals surface area contributed by atoms with E-state index in [0.29, 0.717) is 11.9 Å². The van der Waals surface area contributed by atoms with Crippen molar-refractivity contribution in [2.24, 2.45) is 0 Å². The number of phenols is 1. The summed E-state index contributed by atoms with van der Waals surface area (Å²) in [4.78, 5) is 0. The predicted molar refractivity (Wildman–Crippen MR) is 127 cm³/mol. The van der Waals surface area contributed by atoms with Crippen molar-refractivity contribution in [1.29, 1.82) is 0 Å². The van der Waals surface area contributed by atoms with Crippen LogP contribution in [0.5, 0.6) is 5.75 Å². The van der Waals surface area contributed by atoms with Gasteiger partial charge in [-0.15, -0.1) is 0 Å². The quantitative estimate of drug-likeness (QED) is 0.222. The fourth-order valence-electron chi connectivity index (χ4n) is 3.77. The van der Waals surface area contributed by atoms with Gasteiger partial charge in [-0.3, -0.25) is 0 Å². The lowest BCUT2D eigenvalue weighted by atomic mass is 9.95. The molecule has 1 N–H and O–H groups in total. The molecule has 1 aromatic carbocycles. The molecular formula is C27H48O2. The number of hydrogen-bond donors (Lipinski definition) is 1. The Morgan fingerprint density at radius 2 is 1.21 bits per heavy atom. The van der Waals surface area contributed by atoms with Crippen molar-refractivity contribution in [3.05, 3.63) is 29.3 Å². The van der Waals surface area contributed by atoms with Gasteiger partial charge in [-0.2, -0.15) is 0 Å². The van der Waals surface area contributed by atoms with Crippen LogP contribution in [-0.4, -0.2) is 17.8 Å². The zero-order valence-electron chi connectivity index (χ0n) is 19.7. The lowest BCUT2D eigenvalue weighted by molar-refractivity contribution is 0.423. The fraction of sp³-hybridized carbons (Fsp3) is 0.778. The van der Waals surface area contributed by atoms with E-state index in [1.807, 2.05) is 12.1 Å². The molecule has 0 spiro atoms. The van der Waals surface area contributed by atoms with Crippen molar-refractivity contribution in [2.75, 3.05) is 6.61 Å². The second-order valence-corrected chi connectivity index (χ2v) is 8.80. The van der Waals surface area contributed by atoms with Crippen LogP contribution >= 0.6 is 0 Å². The van der Waals surface area contributed by atoms with Crippen molar-refractivity contribution in [2.45, 2.75) is 130 Å². The SMILES string of the molecule is CC1CO1.CCCCCCCCCc1cccc(O)c1CCCCCCCCC. The highest BCUT2D eigenvalue weighted by molar-refractivity contribution is 5.39. The van der Waals surface area contributed by atoms with Crippen LogP contribution in [0.2, 0.25) is 0 Å². The molecule has 0 bridgehead atoms. The van der Waals surface area contributed by atoms with Crippen LogP contribution in [-0.2, 0) is 17.6 Å². The first-order valence-electron chi connectivity index (χ1n) is 12.6. The Labute approximate surface area is 181 Å². The van der Waals surface area contributed by atoms with Gasteiger partial charge in [0, 0.05) is 0 Å². The molecule has 29 heavy (non-hydrogen) atoms. The summed E-state index contributed by atoms with van der Waals surface area (Å²) in [5.74, 6) is 0.520. The Kier molecular flexibility index (Phi) is 16.0. The second kappa shape index (κ2) is 17.8. The molecule has 1 heterocycles. The van der Waals surface area contributed by atoms with E-state index in [1.54, 1.807) is 0 Å². The highest BCUT2D eigenvalue weighted by Gasteiger charge is 2.13. The minimum atomic E-state index is 0.520. The monoisotopic (exact) mass is 404 g/mol. The number of hydrogen-bond acceptors (Lipinski definition) is 2. The number of aryl methyl sites for hydroxylation is 1. The van der Waals surface area contributed by atoms with Crippen molar-refractivity contribution >= 4 is 0 Å². The van der Waals surface area contributed by atoms with E-state index in [0.717, 1.165) is 19.4 Å². The van der Waals surface area contributed by atoms with E-state index in [2.05, 4.69) is 26.8 Å². The van der Waals surface area contributed by atoms with Crippen LogP contribution < -0.4 is 0 Å². The van der Waals surface area contributed by atoms with Gasteiger partial charge in [-0.1, -0.05) is 103 Å². The van der Waals surface area contributed by atoms with Gasteiger partial charge in [0.15, 0.2) is 0 Å². The average Bonchev–Trinajstić information content (AvgIpc) is 3.50. The first-order chi connectivity index (χ1) is 14.2. The topological polar surface area (TPSA) is 32.8 Å². The molecule has 2 heteroatoms. The lowest BCUT2D eigenvalue weighted by Gasteiger charge is -2.12. The highest BCUT2D eigenvalue weighted by atomic mass is 16.6. The van der Waals surface area contributed by atoms with Crippen molar-refractivity contribution in [3.8, 4) is 5.75 Å². The minimum Gasteiger partial charge on any atom is -0.508 e. The molecule has 1 aromatic rings. The zero-order chi connectivity index (χ0) is 21.2. The van der Waals surface area contributed by atoms with Gasteiger partial charge in [-0.05, 0) is 49.8 Å². The first-order valence-corrected chi connectivity index (χ1v) is 12.6. The van der Waals surface area contributed by atoms with Crippen LogP contribution in [0.4, 0.5) is 0 Å². The summed E-state index contributed by atoms with van der Waals surface area (Å²) >= 11 is 0. The van der Waals surface area contributed by atoms with Gasteiger partial charge in [-0.25, -0.2) is 0 Å². The van der Waals surface area contributed by atoms with E-state index in [-0.39, 0.29) is 0 Å². The predicted octanol–water partition coefficient (Wildman–Crippen LogP) is 8.38. The highest BCUT2D eigenvalue weighted by Crippen LogP contribution is 2.25. The Morgan fingerprint density at radius 1 is 0.759 bits per heavy atom. The summed E-state index contributed by atoms with van der Waals surface area (Å²) in [6.07, 6.45) is 21.5. The Bertz CT molecular complexity index is 493. The maximum absolute atomic E-state index is 10.3. The van der Waals surface area contributed by atoms with Gasteiger partial charge in [0.25, 0.3) is 0 Å². The third-order valence-electron chi connectivity index (χ3n) is 5.83. The van der Waals surface area contributed by atoms with Crippen LogP contribution in [0.25, 0.3) is 0 Å². The molecule has 0 aromatic heterocycles. The van der Waals surface area contributed by atoms with E-state index in [1.165, 1.54) is 101 Å². The molecule has 1 unspecified atom stereocenters. The van der Waals surface area contributed by atoms with Crippen LogP contribution in [0.1, 0.15) is 122 Å². The normalized spacial score (nSPS) is 15.1. The summed E-state index contributed by atoms with van der Waals surface area (Å²) in [6, 6.07) is 6.11. The standard InChI is InChI=1S/C24H42O.C3H6O/c1-3-5-7-9-11-13-15-18-22-19-17-21-24(25)23(22)20-16-14-12-10-8-6-4-2;1-3-2-4-3/h17,19,21,25H,3-16,18,20H2,1-2H3;3H,2H2,1H3. The molecule has 1 aliphatic rings. The number of rotatable bonds is 16. The minimum absolute atomic E-state index is 0.520. The van der Waals surface area contributed by atoms with Gasteiger partial charge < -0.3 is 9.84 Å². The summed E-state index contributed by atoms with van der Waals surface area (Å²) < 4.78 is 4.71. The molecular weight excluding hydrogens is 356 g/mol. The number of aromatic hydroxyl groups is 1. The van der Waals surface area contributed by atoms with Gasteiger partial charge in [0.2, 0.25) is 0 Å². The van der Waals surface area contributed by atoms with Crippen LogP contribution in [0, 0.1) is 0 Å². The molecule has 0 saturated carbocycles. The van der Waals surface area contributed by atoms with Crippen LogP contribution in [0.15, 0.2) is 18.2 Å². The smallest absolute Gasteiger partial charge is 0.119 e. The molecule has 0 radical (unpaired) electrons. The van der Waals surface area contributed by atoms with Gasteiger partial charge in [0.1, 0.15) is 5.75 Å². The second-order valence-electron chi connectivity index (χ2n) is 8.80. The summed E-state index contributed by atoms with van der Waals surface area (Å²) in [5, 5.41) is 10.3. The van der Waals surface area contributed by atoms with E-state index >= 15 is 0 Å². The molecule has 1 fully saturated rings. The van der Waals surface area contributed by atoms with Gasteiger partial charge in [0.05, 0.1) is 12.7 Å². The molecule has 1 aliphatic heterocycles. The summed E-state index contributed by atoms with van der Waals surface area (Å²) in [6.45, 7) is 7.58. The van der Waals surface area contributed by atoms with Crippen molar-refractivity contribution in [3.63, 3.8) is 0 Å².